The van der Waals surface area contributed by atoms with Gasteiger partial charge in [-0.15, -0.1) is 0 Å². The van der Waals surface area contributed by atoms with Crippen LogP contribution in [0.4, 0.5) is 4.39 Å². The van der Waals surface area contributed by atoms with Crippen LogP contribution in [0.15, 0.2) is 18.2 Å². The summed E-state index contributed by atoms with van der Waals surface area (Å²) in [5, 5.41) is 0.197. The average Bonchev–Trinajstić information content (AvgIpc) is 2.41. The van der Waals surface area contributed by atoms with E-state index >= 15 is 0 Å². The van der Waals surface area contributed by atoms with Crippen molar-refractivity contribution in [2.75, 3.05) is 13.1 Å². The SMILES string of the molecule is CC(C)N1CCCC(CN)C1c1ccc(F)c(Cl)c1. The van der Waals surface area contributed by atoms with Crippen LogP contribution in [0.25, 0.3) is 0 Å². The lowest BCUT2D eigenvalue weighted by Crippen LogP contribution is -2.44. The van der Waals surface area contributed by atoms with E-state index in [9.17, 15) is 4.39 Å². The van der Waals surface area contributed by atoms with E-state index in [1.807, 2.05) is 6.07 Å². The van der Waals surface area contributed by atoms with E-state index in [2.05, 4.69) is 18.7 Å². The summed E-state index contributed by atoms with van der Waals surface area (Å²) < 4.78 is 13.3. The van der Waals surface area contributed by atoms with Crippen LogP contribution < -0.4 is 5.73 Å². The molecule has 1 saturated heterocycles. The Labute approximate surface area is 119 Å². The highest BCUT2D eigenvalue weighted by molar-refractivity contribution is 6.30. The van der Waals surface area contributed by atoms with Gasteiger partial charge >= 0.3 is 0 Å². The first-order chi connectivity index (χ1) is 9.04. The quantitative estimate of drug-likeness (QED) is 0.919. The molecule has 2 nitrogen and oxygen atoms in total. The minimum absolute atomic E-state index is 0.197. The second-order valence-electron chi connectivity index (χ2n) is 5.59. The van der Waals surface area contributed by atoms with Crippen LogP contribution in [0.1, 0.15) is 38.3 Å². The van der Waals surface area contributed by atoms with Gasteiger partial charge in [-0.2, -0.15) is 0 Å². The second-order valence-corrected chi connectivity index (χ2v) is 6.00. The Morgan fingerprint density at radius 2 is 2.21 bits per heavy atom. The fourth-order valence-electron chi connectivity index (χ4n) is 3.09. The normalized spacial score (nSPS) is 24.9. The van der Waals surface area contributed by atoms with Crippen molar-refractivity contribution < 1.29 is 4.39 Å². The van der Waals surface area contributed by atoms with Crippen molar-refractivity contribution in [2.45, 2.75) is 38.8 Å². The fourth-order valence-corrected chi connectivity index (χ4v) is 3.28. The van der Waals surface area contributed by atoms with Gasteiger partial charge in [0.1, 0.15) is 5.82 Å². The molecule has 19 heavy (non-hydrogen) atoms. The maximum absolute atomic E-state index is 13.3. The zero-order valence-corrected chi connectivity index (χ0v) is 12.3. The topological polar surface area (TPSA) is 29.3 Å². The van der Waals surface area contributed by atoms with Gasteiger partial charge in [-0.05, 0) is 63.4 Å². The third kappa shape index (κ3) is 3.10. The van der Waals surface area contributed by atoms with E-state index in [-0.39, 0.29) is 16.9 Å². The Hall–Kier alpha value is -0.640. The molecule has 1 aromatic rings. The van der Waals surface area contributed by atoms with Gasteiger partial charge in [-0.25, -0.2) is 4.39 Å². The molecule has 0 aromatic heterocycles. The van der Waals surface area contributed by atoms with Gasteiger partial charge in [0.2, 0.25) is 0 Å². The molecule has 106 valence electrons. The van der Waals surface area contributed by atoms with Crippen LogP contribution in [0.2, 0.25) is 5.02 Å². The molecule has 1 aromatic carbocycles. The number of benzene rings is 1. The molecule has 1 aliphatic heterocycles. The summed E-state index contributed by atoms with van der Waals surface area (Å²) in [6, 6.07) is 5.75. The van der Waals surface area contributed by atoms with E-state index in [4.69, 9.17) is 17.3 Å². The maximum Gasteiger partial charge on any atom is 0.141 e. The molecule has 2 rings (SSSR count). The second kappa shape index (κ2) is 6.21. The molecule has 1 aliphatic rings. The van der Waals surface area contributed by atoms with Gasteiger partial charge in [0.25, 0.3) is 0 Å². The molecular formula is C15H22ClFN2. The molecule has 1 fully saturated rings. The molecular weight excluding hydrogens is 263 g/mol. The molecule has 0 saturated carbocycles. The largest absolute Gasteiger partial charge is 0.330 e. The number of rotatable bonds is 3. The van der Waals surface area contributed by atoms with E-state index < -0.39 is 0 Å². The van der Waals surface area contributed by atoms with Gasteiger partial charge in [-0.1, -0.05) is 17.7 Å². The molecule has 1 heterocycles. The summed E-state index contributed by atoms with van der Waals surface area (Å²) >= 11 is 5.93. The monoisotopic (exact) mass is 284 g/mol. The van der Waals surface area contributed by atoms with Gasteiger partial charge in [0.05, 0.1) is 5.02 Å². The number of piperidine rings is 1. The zero-order chi connectivity index (χ0) is 14.0. The third-order valence-corrected chi connectivity index (χ3v) is 4.34. The van der Waals surface area contributed by atoms with Crippen LogP contribution in [0, 0.1) is 11.7 Å². The standard InChI is InChI=1S/C15H22ClFN2/c1-10(2)19-7-3-4-12(9-18)15(19)11-5-6-14(17)13(16)8-11/h5-6,8,10,12,15H,3-4,7,9,18H2,1-2H3. The smallest absolute Gasteiger partial charge is 0.141 e. The van der Waals surface area contributed by atoms with Crippen LogP contribution in [-0.4, -0.2) is 24.0 Å². The lowest BCUT2D eigenvalue weighted by atomic mass is 9.84. The van der Waals surface area contributed by atoms with Gasteiger partial charge in [0, 0.05) is 12.1 Å². The molecule has 0 amide bonds. The number of halogens is 2. The van der Waals surface area contributed by atoms with Gasteiger partial charge in [0.15, 0.2) is 0 Å². The number of hydrogen-bond acceptors (Lipinski definition) is 2. The summed E-state index contributed by atoms with van der Waals surface area (Å²) in [6.45, 7) is 6.10. The molecule has 0 radical (unpaired) electrons. The molecule has 2 unspecified atom stereocenters. The van der Waals surface area contributed by atoms with Crippen molar-refractivity contribution in [2.24, 2.45) is 11.7 Å². The Bertz CT molecular complexity index is 436. The Morgan fingerprint density at radius 3 is 2.79 bits per heavy atom. The number of likely N-dealkylation sites (tertiary alicyclic amines) is 1. The predicted octanol–water partition coefficient (Wildman–Crippen LogP) is 3.60. The molecule has 0 spiro atoms. The molecule has 2 N–H and O–H groups in total. The highest BCUT2D eigenvalue weighted by Crippen LogP contribution is 2.37. The lowest BCUT2D eigenvalue weighted by Gasteiger charge is -2.43. The summed E-state index contributed by atoms with van der Waals surface area (Å²) in [7, 11) is 0. The summed E-state index contributed by atoms with van der Waals surface area (Å²) in [5.74, 6) is 0.0549. The molecule has 0 bridgehead atoms. The third-order valence-electron chi connectivity index (χ3n) is 4.05. The Morgan fingerprint density at radius 1 is 1.47 bits per heavy atom. The summed E-state index contributed by atoms with van der Waals surface area (Å²) in [6.07, 6.45) is 2.30. The number of nitrogens with zero attached hydrogens (tertiary/aromatic N) is 1. The van der Waals surface area contributed by atoms with Crippen molar-refractivity contribution in [3.8, 4) is 0 Å². The van der Waals surface area contributed by atoms with Crippen molar-refractivity contribution >= 4 is 11.6 Å². The molecule has 2 atom stereocenters. The number of hydrogen-bond donors (Lipinski definition) is 1. The Balaban J connectivity index is 2.36. The van der Waals surface area contributed by atoms with Crippen molar-refractivity contribution in [1.82, 2.24) is 4.90 Å². The Kier molecular flexibility index (Phi) is 4.82. The maximum atomic E-state index is 13.3. The van der Waals surface area contributed by atoms with E-state index in [1.165, 1.54) is 12.5 Å². The van der Waals surface area contributed by atoms with Crippen molar-refractivity contribution in [3.05, 3.63) is 34.6 Å². The minimum Gasteiger partial charge on any atom is -0.330 e. The highest BCUT2D eigenvalue weighted by atomic mass is 35.5. The van der Waals surface area contributed by atoms with Gasteiger partial charge < -0.3 is 5.73 Å². The van der Waals surface area contributed by atoms with E-state index in [0.29, 0.717) is 18.5 Å². The summed E-state index contributed by atoms with van der Waals surface area (Å²) in [5.41, 5.74) is 7.01. The first-order valence-corrected chi connectivity index (χ1v) is 7.33. The molecule has 0 aliphatic carbocycles. The predicted molar refractivity (Wildman–Crippen MR) is 77.8 cm³/mol. The minimum atomic E-state index is -0.360. The average molecular weight is 285 g/mol. The highest BCUT2D eigenvalue weighted by Gasteiger charge is 2.33. The fraction of sp³-hybridized carbons (Fsp3) is 0.600. The number of nitrogens with two attached hydrogens (primary N) is 1. The first kappa shape index (κ1) is 14.8. The summed E-state index contributed by atoms with van der Waals surface area (Å²) in [4.78, 5) is 2.45. The molecule has 4 heteroatoms. The van der Waals surface area contributed by atoms with E-state index in [1.54, 1.807) is 6.07 Å². The van der Waals surface area contributed by atoms with Crippen LogP contribution in [0.3, 0.4) is 0 Å². The van der Waals surface area contributed by atoms with Crippen molar-refractivity contribution in [1.29, 1.82) is 0 Å². The lowest BCUT2D eigenvalue weighted by molar-refractivity contribution is 0.0665. The van der Waals surface area contributed by atoms with Crippen LogP contribution in [-0.2, 0) is 0 Å². The van der Waals surface area contributed by atoms with E-state index in [0.717, 1.165) is 18.5 Å². The van der Waals surface area contributed by atoms with Crippen molar-refractivity contribution in [3.63, 3.8) is 0 Å². The zero-order valence-electron chi connectivity index (χ0n) is 11.6. The van der Waals surface area contributed by atoms with Gasteiger partial charge in [-0.3, -0.25) is 4.90 Å². The van der Waals surface area contributed by atoms with Crippen LogP contribution >= 0.6 is 11.6 Å². The first-order valence-electron chi connectivity index (χ1n) is 6.95. The van der Waals surface area contributed by atoms with Crippen LogP contribution in [0.5, 0.6) is 0 Å².